The molecule has 1 aromatic rings. The number of nitrogens with zero attached hydrogens (tertiary/aromatic N) is 2. The van der Waals surface area contributed by atoms with E-state index in [-0.39, 0.29) is 30.6 Å². The first kappa shape index (κ1) is 14.1. The summed E-state index contributed by atoms with van der Waals surface area (Å²) in [5.41, 5.74) is 0.0472. The third kappa shape index (κ3) is 3.37. The van der Waals surface area contributed by atoms with Crippen molar-refractivity contribution in [3.63, 3.8) is 0 Å². The number of rotatable bonds is 5. The predicted molar refractivity (Wildman–Crippen MR) is 70.2 cm³/mol. The Balaban J connectivity index is 1.81. The van der Waals surface area contributed by atoms with E-state index in [1.165, 1.54) is 16.8 Å². The molecule has 2 rings (SSSR count). The Morgan fingerprint density at radius 3 is 2.60 bits per heavy atom. The fourth-order valence-corrected chi connectivity index (χ4v) is 2.21. The lowest BCUT2D eigenvalue weighted by Crippen LogP contribution is -2.39. The highest BCUT2D eigenvalue weighted by Crippen LogP contribution is 2.06. The van der Waals surface area contributed by atoms with Gasteiger partial charge in [-0.1, -0.05) is 0 Å². The molecule has 1 aromatic heterocycles. The Morgan fingerprint density at radius 2 is 1.95 bits per heavy atom. The van der Waals surface area contributed by atoms with Crippen LogP contribution in [-0.4, -0.2) is 52.0 Å². The molecule has 0 atom stereocenters. The summed E-state index contributed by atoms with van der Waals surface area (Å²) in [4.78, 5) is 36.1. The summed E-state index contributed by atoms with van der Waals surface area (Å²) in [6.07, 6.45) is 3.53. The van der Waals surface area contributed by atoms with E-state index in [0.29, 0.717) is 0 Å². The van der Waals surface area contributed by atoms with Crippen molar-refractivity contribution in [3.8, 4) is 0 Å². The van der Waals surface area contributed by atoms with Crippen LogP contribution in [0.5, 0.6) is 0 Å². The van der Waals surface area contributed by atoms with Crippen LogP contribution in [-0.2, 0) is 16.1 Å². The van der Waals surface area contributed by atoms with Crippen molar-refractivity contribution in [1.29, 1.82) is 0 Å². The smallest absolute Gasteiger partial charge is 0.352 e. The summed E-state index contributed by atoms with van der Waals surface area (Å²) in [7, 11) is 0. The molecule has 0 aliphatic carbocycles. The lowest BCUT2D eigenvalue weighted by atomic mass is 10.4. The van der Waals surface area contributed by atoms with Crippen LogP contribution in [0.4, 0.5) is 0 Å². The zero-order valence-corrected chi connectivity index (χ0v) is 11.0. The van der Waals surface area contributed by atoms with Crippen LogP contribution in [0.15, 0.2) is 18.3 Å². The molecule has 7 nitrogen and oxygen atoms in total. The van der Waals surface area contributed by atoms with E-state index < -0.39 is 5.97 Å². The fraction of sp³-hybridized carbons (Fsp3) is 0.462. The molecule has 0 radical (unpaired) electrons. The number of carbonyl (C=O) groups excluding carboxylic acids is 2. The minimum atomic E-state index is -1.09. The van der Waals surface area contributed by atoms with E-state index in [1.807, 2.05) is 0 Å². The average Bonchev–Trinajstić information content (AvgIpc) is 3.06. The largest absolute Gasteiger partial charge is 0.477 e. The first-order chi connectivity index (χ1) is 9.58. The summed E-state index contributed by atoms with van der Waals surface area (Å²) < 4.78 is 1.33. The van der Waals surface area contributed by atoms with E-state index in [9.17, 15) is 14.4 Å². The summed E-state index contributed by atoms with van der Waals surface area (Å²) in [6, 6.07) is 2.98. The molecule has 108 valence electrons. The zero-order chi connectivity index (χ0) is 14.5. The zero-order valence-electron chi connectivity index (χ0n) is 11.0. The van der Waals surface area contributed by atoms with Crippen molar-refractivity contribution in [2.45, 2.75) is 19.4 Å². The van der Waals surface area contributed by atoms with Crippen LogP contribution in [0.1, 0.15) is 23.3 Å². The molecule has 1 fully saturated rings. The SMILES string of the molecule is O=C(Cn1cccc1C(=O)O)NCC(=O)N1CCCC1. The van der Waals surface area contributed by atoms with Crippen LogP contribution in [0.3, 0.4) is 0 Å². The second-order valence-electron chi connectivity index (χ2n) is 4.69. The second-order valence-corrected chi connectivity index (χ2v) is 4.69. The van der Waals surface area contributed by atoms with Gasteiger partial charge >= 0.3 is 5.97 Å². The number of hydrogen-bond donors (Lipinski definition) is 2. The molecular weight excluding hydrogens is 262 g/mol. The molecule has 7 heteroatoms. The molecule has 0 spiro atoms. The standard InChI is InChI=1S/C13H17N3O4/c17-11(9-16-7-3-4-10(16)13(19)20)14-8-12(18)15-5-1-2-6-15/h3-4,7H,1-2,5-6,8-9H2,(H,14,17)(H,19,20). The Bertz CT molecular complexity index is 517. The molecule has 2 heterocycles. The van der Waals surface area contributed by atoms with Gasteiger partial charge in [-0.05, 0) is 25.0 Å². The van der Waals surface area contributed by atoms with Crippen molar-refractivity contribution >= 4 is 17.8 Å². The first-order valence-electron chi connectivity index (χ1n) is 6.51. The molecule has 0 saturated carbocycles. The number of hydrogen-bond acceptors (Lipinski definition) is 3. The number of amides is 2. The maximum absolute atomic E-state index is 11.7. The molecule has 2 N–H and O–H groups in total. The van der Waals surface area contributed by atoms with Crippen LogP contribution in [0.25, 0.3) is 0 Å². The van der Waals surface area contributed by atoms with Crippen LogP contribution >= 0.6 is 0 Å². The van der Waals surface area contributed by atoms with E-state index in [4.69, 9.17) is 5.11 Å². The maximum Gasteiger partial charge on any atom is 0.352 e. The van der Waals surface area contributed by atoms with Gasteiger partial charge in [0.05, 0.1) is 6.54 Å². The Hall–Kier alpha value is -2.31. The monoisotopic (exact) mass is 279 g/mol. The molecule has 2 amide bonds. The van der Waals surface area contributed by atoms with E-state index >= 15 is 0 Å². The summed E-state index contributed by atoms with van der Waals surface area (Å²) in [5.74, 6) is -1.56. The lowest BCUT2D eigenvalue weighted by molar-refractivity contribution is -0.132. The molecule has 1 saturated heterocycles. The van der Waals surface area contributed by atoms with Crippen LogP contribution < -0.4 is 5.32 Å². The molecule has 1 aliphatic rings. The summed E-state index contributed by atoms with van der Waals surface area (Å²) >= 11 is 0. The second kappa shape index (κ2) is 6.23. The van der Waals surface area contributed by atoms with Gasteiger partial charge in [-0.2, -0.15) is 0 Å². The molecule has 20 heavy (non-hydrogen) atoms. The van der Waals surface area contributed by atoms with E-state index in [0.717, 1.165) is 25.9 Å². The van der Waals surface area contributed by atoms with E-state index in [1.54, 1.807) is 11.0 Å². The number of carboxylic acid groups (broad SMARTS) is 1. The first-order valence-corrected chi connectivity index (χ1v) is 6.51. The fourth-order valence-electron chi connectivity index (χ4n) is 2.21. The van der Waals surface area contributed by atoms with Gasteiger partial charge in [0.15, 0.2) is 0 Å². The van der Waals surface area contributed by atoms with Crippen molar-refractivity contribution in [1.82, 2.24) is 14.8 Å². The molecule has 0 bridgehead atoms. The lowest BCUT2D eigenvalue weighted by Gasteiger charge is -2.15. The van der Waals surface area contributed by atoms with Gasteiger partial charge in [0.2, 0.25) is 11.8 Å². The molecule has 1 aliphatic heterocycles. The minimum absolute atomic E-state index is 0.0392. The van der Waals surface area contributed by atoms with Gasteiger partial charge in [0.1, 0.15) is 12.2 Å². The van der Waals surface area contributed by atoms with Gasteiger partial charge < -0.3 is 19.9 Å². The average molecular weight is 279 g/mol. The number of aromatic nitrogens is 1. The van der Waals surface area contributed by atoms with Gasteiger partial charge in [0.25, 0.3) is 0 Å². The molecule has 0 aromatic carbocycles. The highest BCUT2D eigenvalue weighted by atomic mass is 16.4. The maximum atomic E-state index is 11.7. The number of carbonyl (C=O) groups is 3. The summed E-state index contributed by atoms with van der Waals surface area (Å²) in [5, 5.41) is 11.4. The topological polar surface area (TPSA) is 91.6 Å². The van der Waals surface area contributed by atoms with Crippen LogP contribution in [0, 0.1) is 0 Å². The van der Waals surface area contributed by atoms with Crippen LogP contribution in [0.2, 0.25) is 0 Å². The van der Waals surface area contributed by atoms with Gasteiger partial charge in [-0.25, -0.2) is 4.79 Å². The number of aromatic carboxylic acids is 1. The third-order valence-electron chi connectivity index (χ3n) is 3.26. The Morgan fingerprint density at radius 1 is 1.25 bits per heavy atom. The quantitative estimate of drug-likeness (QED) is 0.789. The van der Waals surface area contributed by atoms with Gasteiger partial charge in [-0.15, -0.1) is 0 Å². The Kier molecular flexibility index (Phi) is 4.39. The Labute approximate surface area is 116 Å². The number of likely N-dealkylation sites (tertiary alicyclic amines) is 1. The number of carboxylic acids is 1. The minimum Gasteiger partial charge on any atom is -0.477 e. The van der Waals surface area contributed by atoms with Gasteiger partial charge in [-0.3, -0.25) is 9.59 Å². The normalized spacial score (nSPS) is 14.3. The summed E-state index contributed by atoms with van der Waals surface area (Å²) in [6.45, 7) is 1.34. The number of nitrogens with one attached hydrogen (secondary N) is 1. The van der Waals surface area contributed by atoms with Crippen molar-refractivity contribution in [2.75, 3.05) is 19.6 Å². The van der Waals surface area contributed by atoms with Gasteiger partial charge in [0, 0.05) is 19.3 Å². The highest BCUT2D eigenvalue weighted by molar-refractivity contribution is 5.88. The van der Waals surface area contributed by atoms with Crippen molar-refractivity contribution in [3.05, 3.63) is 24.0 Å². The van der Waals surface area contributed by atoms with Crippen molar-refractivity contribution in [2.24, 2.45) is 0 Å². The van der Waals surface area contributed by atoms with Crippen molar-refractivity contribution < 1.29 is 19.5 Å². The predicted octanol–water partition coefficient (Wildman–Crippen LogP) is -0.0751. The molecular formula is C13H17N3O4. The highest BCUT2D eigenvalue weighted by Gasteiger charge is 2.18. The molecule has 0 unspecified atom stereocenters. The third-order valence-corrected chi connectivity index (χ3v) is 3.26. The van der Waals surface area contributed by atoms with E-state index in [2.05, 4.69) is 5.32 Å².